The zero-order valence-corrected chi connectivity index (χ0v) is 25.3. The van der Waals surface area contributed by atoms with Gasteiger partial charge in [-0.1, -0.05) is 51.5 Å². The van der Waals surface area contributed by atoms with Crippen LogP contribution in [0.4, 0.5) is 22.0 Å². The van der Waals surface area contributed by atoms with Crippen LogP contribution in [0.1, 0.15) is 119 Å². The Labute approximate surface area is 248 Å². The number of fused-ring (bicyclic) bond motifs is 5. The van der Waals surface area contributed by atoms with Gasteiger partial charge in [0.2, 0.25) is 0 Å². The summed E-state index contributed by atoms with van der Waals surface area (Å²) in [7, 11) is -1.39. The third kappa shape index (κ3) is 7.22. The first kappa shape index (κ1) is 33.3. The molecule has 1 aromatic rings. The van der Waals surface area contributed by atoms with Crippen molar-refractivity contribution in [2.45, 2.75) is 121 Å². The number of unbranched alkanes of at least 4 members (excludes halogenated alkanes) is 6. The lowest BCUT2D eigenvalue weighted by Gasteiger charge is -2.52. The predicted octanol–water partition coefficient (Wildman–Crippen LogP) is 8.32. The number of phenols is 1. The maximum Gasteiger partial charge on any atom is 0.453 e. The number of aromatic hydroxyl groups is 1. The van der Waals surface area contributed by atoms with Gasteiger partial charge in [-0.25, -0.2) is 0 Å². The molecule has 2 saturated carbocycles. The number of Topliss-reactive ketones (excluding diaryl/α,β-unsaturated/α-hetero) is 1. The number of hydrogen-bond acceptors (Lipinski definition) is 4. The molecule has 0 aromatic heterocycles. The minimum Gasteiger partial charge on any atom is -0.508 e. The van der Waals surface area contributed by atoms with Gasteiger partial charge in [0.1, 0.15) is 5.75 Å². The fourth-order valence-corrected chi connectivity index (χ4v) is 9.28. The molecule has 0 aliphatic heterocycles. The Hall–Kier alpha value is -1.55. The Kier molecular flexibility index (Phi) is 10.8. The van der Waals surface area contributed by atoms with Crippen LogP contribution >= 0.6 is 0 Å². The van der Waals surface area contributed by atoms with E-state index < -0.39 is 35.7 Å². The fraction of sp³-hybridized carbons (Fsp3) is 0.781. The zero-order valence-electron chi connectivity index (χ0n) is 24.4. The van der Waals surface area contributed by atoms with Crippen LogP contribution in [0.5, 0.6) is 5.75 Å². The molecule has 1 aromatic carbocycles. The number of halogens is 5. The summed E-state index contributed by atoms with van der Waals surface area (Å²) in [6.45, 7) is 2.20. The molecule has 2 fully saturated rings. The van der Waals surface area contributed by atoms with Gasteiger partial charge in [0, 0.05) is 40.2 Å². The topological polar surface area (TPSA) is 74.6 Å². The van der Waals surface area contributed by atoms with Crippen LogP contribution in [-0.2, 0) is 10.8 Å². The summed E-state index contributed by atoms with van der Waals surface area (Å²) in [6, 6.07) is 5.23. The Bertz CT molecular complexity index is 1110. The Morgan fingerprint density at radius 3 is 2.26 bits per heavy atom. The van der Waals surface area contributed by atoms with E-state index in [1.165, 1.54) is 0 Å². The molecule has 7 atom stereocenters. The highest BCUT2D eigenvalue weighted by Gasteiger charge is 2.58. The number of rotatable bonds is 14. The third-order valence-corrected chi connectivity index (χ3v) is 11.9. The van der Waals surface area contributed by atoms with Crippen LogP contribution in [0.2, 0.25) is 0 Å². The molecule has 10 heteroatoms. The quantitative estimate of drug-likeness (QED) is 0.162. The molecule has 0 unspecified atom stereocenters. The largest absolute Gasteiger partial charge is 0.508 e. The van der Waals surface area contributed by atoms with E-state index in [4.69, 9.17) is 0 Å². The smallest absolute Gasteiger partial charge is 0.453 e. The molecule has 0 heterocycles. The van der Waals surface area contributed by atoms with Crippen LogP contribution in [-0.4, -0.2) is 49.9 Å². The highest BCUT2D eigenvalue weighted by molar-refractivity contribution is 7.84. The van der Waals surface area contributed by atoms with Crippen molar-refractivity contribution < 1.29 is 41.2 Å². The maximum atomic E-state index is 13.8. The summed E-state index contributed by atoms with van der Waals surface area (Å²) in [4.78, 5) is 13.8. The summed E-state index contributed by atoms with van der Waals surface area (Å²) in [5.74, 6) is -3.62. The lowest BCUT2D eigenvalue weighted by atomic mass is 9.51. The lowest BCUT2D eigenvalue weighted by Crippen LogP contribution is -2.49. The van der Waals surface area contributed by atoms with Crippen LogP contribution in [0, 0.1) is 23.2 Å². The molecule has 0 radical (unpaired) electrons. The molecule has 0 bridgehead atoms. The summed E-state index contributed by atoms with van der Waals surface area (Å²) in [5, 5.41) is 20.9. The van der Waals surface area contributed by atoms with Gasteiger partial charge in [0.25, 0.3) is 0 Å². The average Bonchev–Trinajstić information content (AvgIpc) is 3.22. The average molecular weight is 621 g/mol. The molecular weight excluding hydrogens is 575 g/mol. The molecule has 3 aliphatic rings. The highest BCUT2D eigenvalue weighted by atomic mass is 32.2. The number of phenolic OH excluding ortho intramolecular Hbond substituents is 1. The molecule has 2 N–H and O–H groups in total. The van der Waals surface area contributed by atoms with Crippen molar-refractivity contribution in [3.8, 4) is 5.75 Å². The first-order valence-corrected chi connectivity index (χ1v) is 17.1. The number of aliphatic hydroxyl groups is 1. The van der Waals surface area contributed by atoms with E-state index in [9.17, 15) is 41.2 Å². The summed E-state index contributed by atoms with van der Waals surface area (Å²) in [5.41, 5.74) is 1.57. The van der Waals surface area contributed by atoms with Crippen LogP contribution in [0.25, 0.3) is 0 Å². The van der Waals surface area contributed by atoms with Crippen molar-refractivity contribution in [1.29, 1.82) is 0 Å². The molecule has 4 nitrogen and oxygen atoms in total. The van der Waals surface area contributed by atoms with Gasteiger partial charge in [-0.2, -0.15) is 22.0 Å². The Balaban J connectivity index is 1.19. The molecule has 0 amide bonds. The minimum absolute atomic E-state index is 0.106. The number of benzene rings is 1. The standard InChI is InChI=1S/C32H45F5O4S/c1-30-17-15-23-22-12-11-21(38)20-25(22)29(40)24(28(23)26(30)13-14-27(30)39)10-7-5-3-2-4-6-8-18-42(41)19-9-16-31(33,34)32(35,36)37/h11-12,20,23-24,26-28,38-39H,2-10,13-19H2,1H3/t23-,24+,26+,27+,28+,30+,42+/m1/s1. The van der Waals surface area contributed by atoms with Crippen molar-refractivity contribution in [3.63, 3.8) is 0 Å². The number of alkyl halides is 5. The van der Waals surface area contributed by atoms with E-state index in [1.807, 2.05) is 6.07 Å². The van der Waals surface area contributed by atoms with Gasteiger partial charge in [0.15, 0.2) is 5.78 Å². The Morgan fingerprint density at radius 2 is 1.57 bits per heavy atom. The third-order valence-electron chi connectivity index (χ3n) is 10.5. The minimum atomic E-state index is -5.56. The van der Waals surface area contributed by atoms with Crippen molar-refractivity contribution in [1.82, 2.24) is 0 Å². The van der Waals surface area contributed by atoms with Gasteiger partial charge in [0.05, 0.1) is 6.10 Å². The van der Waals surface area contributed by atoms with E-state index in [0.717, 1.165) is 76.2 Å². The van der Waals surface area contributed by atoms with Gasteiger partial charge >= 0.3 is 12.1 Å². The maximum absolute atomic E-state index is 13.8. The second-order valence-electron chi connectivity index (χ2n) is 13.1. The van der Waals surface area contributed by atoms with Gasteiger partial charge in [-0.15, -0.1) is 0 Å². The van der Waals surface area contributed by atoms with E-state index in [2.05, 4.69) is 6.92 Å². The zero-order chi connectivity index (χ0) is 30.7. The number of ketones is 1. The number of carbonyl (C=O) groups excluding carboxylic acids is 1. The van der Waals surface area contributed by atoms with Gasteiger partial charge in [-0.05, 0) is 85.8 Å². The van der Waals surface area contributed by atoms with Crippen molar-refractivity contribution >= 4 is 16.6 Å². The Morgan fingerprint density at radius 1 is 0.929 bits per heavy atom. The second kappa shape index (κ2) is 13.6. The number of hydrogen-bond donors (Lipinski definition) is 2. The summed E-state index contributed by atoms with van der Waals surface area (Å²) in [6.07, 6.45) is 3.10. The summed E-state index contributed by atoms with van der Waals surface area (Å²) < 4.78 is 74.5. The van der Waals surface area contributed by atoms with Crippen molar-refractivity contribution in [2.24, 2.45) is 23.2 Å². The van der Waals surface area contributed by atoms with Gasteiger partial charge in [-0.3, -0.25) is 9.00 Å². The van der Waals surface area contributed by atoms with E-state index in [-0.39, 0.29) is 46.6 Å². The molecule has 3 aliphatic carbocycles. The molecule has 4 rings (SSSR count). The van der Waals surface area contributed by atoms with Crippen LogP contribution < -0.4 is 0 Å². The lowest BCUT2D eigenvalue weighted by molar-refractivity contribution is -0.284. The van der Waals surface area contributed by atoms with Crippen LogP contribution in [0.3, 0.4) is 0 Å². The van der Waals surface area contributed by atoms with Gasteiger partial charge < -0.3 is 10.2 Å². The second-order valence-corrected chi connectivity index (χ2v) is 14.8. The van der Waals surface area contributed by atoms with E-state index in [0.29, 0.717) is 23.7 Å². The molecule has 0 saturated heterocycles. The first-order chi connectivity index (χ1) is 19.8. The van der Waals surface area contributed by atoms with Crippen molar-refractivity contribution in [2.75, 3.05) is 11.5 Å². The number of carbonyl (C=O) groups is 1. The normalized spacial score (nSPS) is 30.1. The number of aliphatic hydroxyl groups excluding tert-OH is 1. The monoisotopic (exact) mass is 620 g/mol. The fourth-order valence-electron chi connectivity index (χ4n) is 8.08. The SMILES string of the molecule is C[C@]12CC[C@@H]3c4ccc(O)cc4C(=O)[C@@H](CCCCCCCCC[S@](=O)CCCC(F)(F)C(F)(F)F)[C@H]3[C@@H]1CC[C@@H]2O. The van der Waals surface area contributed by atoms with Crippen molar-refractivity contribution in [3.05, 3.63) is 29.3 Å². The molecule has 42 heavy (non-hydrogen) atoms. The summed E-state index contributed by atoms with van der Waals surface area (Å²) >= 11 is 0. The first-order valence-electron chi connectivity index (χ1n) is 15.6. The van der Waals surface area contributed by atoms with E-state index >= 15 is 0 Å². The van der Waals surface area contributed by atoms with Crippen LogP contribution in [0.15, 0.2) is 18.2 Å². The van der Waals surface area contributed by atoms with E-state index in [1.54, 1.807) is 12.1 Å². The molecule has 238 valence electrons. The predicted molar refractivity (Wildman–Crippen MR) is 153 cm³/mol. The molecular formula is C32H45F5O4S. The molecule has 0 spiro atoms. The highest BCUT2D eigenvalue weighted by Crippen LogP contribution is 2.62.